The van der Waals surface area contributed by atoms with Crippen molar-refractivity contribution in [1.29, 1.82) is 0 Å². The van der Waals surface area contributed by atoms with Crippen LogP contribution in [-0.2, 0) is 4.74 Å². The highest BCUT2D eigenvalue weighted by Gasteiger charge is 2.16. The lowest BCUT2D eigenvalue weighted by Crippen LogP contribution is -2.44. The van der Waals surface area contributed by atoms with Crippen LogP contribution >= 0.6 is 0 Å². The van der Waals surface area contributed by atoms with Crippen molar-refractivity contribution < 1.29 is 4.74 Å². The molecule has 7 heteroatoms. The fraction of sp³-hybridized carbons (Fsp3) is 0.526. The van der Waals surface area contributed by atoms with Gasteiger partial charge in [0.05, 0.1) is 18.1 Å². The van der Waals surface area contributed by atoms with Crippen LogP contribution in [0.2, 0.25) is 0 Å². The number of ether oxygens (including phenoxy) is 1. The van der Waals surface area contributed by atoms with E-state index in [2.05, 4.69) is 44.3 Å². The molecule has 0 bridgehead atoms. The van der Waals surface area contributed by atoms with Crippen LogP contribution < -0.4 is 10.2 Å². The minimum atomic E-state index is 0.408. The molecule has 0 unspecified atom stereocenters. The SMILES string of the molecule is CN1CCN(c2ccc(-c3cncc(NC4CCOCC4)n3)cn2)CC1. The van der Waals surface area contributed by atoms with Crippen molar-refractivity contribution in [3.8, 4) is 11.3 Å². The number of anilines is 2. The number of pyridine rings is 1. The fourth-order valence-electron chi connectivity index (χ4n) is 3.39. The Morgan fingerprint density at radius 2 is 1.85 bits per heavy atom. The van der Waals surface area contributed by atoms with E-state index in [1.807, 2.05) is 6.20 Å². The molecule has 0 atom stereocenters. The Labute approximate surface area is 154 Å². The molecule has 7 nitrogen and oxygen atoms in total. The molecule has 2 aromatic heterocycles. The van der Waals surface area contributed by atoms with Crippen molar-refractivity contribution in [3.63, 3.8) is 0 Å². The van der Waals surface area contributed by atoms with Gasteiger partial charge in [0, 0.05) is 57.2 Å². The highest BCUT2D eigenvalue weighted by Crippen LogP contribution is 2.21. The van der Waals surface area contributed by atoms with E-state index < -0.39 is 0 Å². The van der Waals surface area contributed by atoms with E-state index >= 15 is 0 Å². The largest absolute Gasteiger partial charge is 0.381 e. The highest BCUT2D eigenvalue weighted by molar-refractivity contribution is 5.60. The molecule has 0 aliphatic carbocycles. The summed E-state index contributed by atoms with van der Waals surface area (Å²) in [4.78, 5) is 18.4. The molecule has 26 heavy (non-hydrogen) atoms. The van der Waals surface area contributed by atoms with Crippen LogP contribution in [0.1, 0.15) is 12.8 Å². The second-order valence-corrected chi connectivity index (χ2v) is 7.02. The van der Waals surface area contributed by atoms with E-state index in [1.165, 1.54) is 0 Å². The molecule has 0 saturated carbocycles. The zero-order valence-electron chi connectivity index (χ0n) is 15.3. The van der Waals surface area contributed by atoms with Gasteiger partial charge in [-0.1, -0.05) is 0 Å². The van der Waals surface area contributed by atoms with Crippen LogP contribution in [0.3, 0.4) is 0 Å². The van der Waals surface area contributed by atoms with Gasteiger partial charge in [0.2, 0.25) is 0 Å². The molecule has 2 aliphatic heterocycles. The van der Waals surface area contributed by atoms with Crippen LogP contribution in [0.4, 0.5) is 11.6 Å². The number of piperazine rings is 1. The van der Waals surface area contributed by atoms with E-state index in [-0.39, 0.29) is 0 Å². The summed E-state index contributed by atoms with van der Waals surface area (Å²) in [6.45, 7) is 5.81. The van der Waals surface area contributed by atoms with Crippen molar-refractivity contribution >= 4 is 11.6 Å². The summed E-state index contributed by atoms with van der Waals surface area (Å²) in [6, 6.07) is 4.58. The number of rotatable bonds is 4. The number of nitrogens with one attached hydrogen (secondary N) is 1. The van der Waals surface area contributed by atoms with Gasteiger partial charge < -0.3 is 19.9 Å². The van der Waals surface area contributed by atoms with E-state index in [9.17, 15) is 0 Å². The van der Waals surface area contributed by atoms with Gasteiger partial charge in [0.1, 0.15) is 11.6 Å². The summed E-state index contributed by atoms with van der Waals surface area (Å²) >= 11 is 0. The Kier molecular flexibility index (Phi) is 5.26. The molecule has 4 rings (SSSR count). The van der Waals surface area contributed by atoms with Crippen LogP contribution in [0.25, 0.3) is 11.3 Å². The quantitative estimate of drug-likeness (QED) is 0.899. The van der Waals surface area contributed by atoms with Crippen LogP contribution in [0, 0.1) is 0 Å². The number of nitrogens with zero attached hydrogens (tertiary/aromatic N) is 5. The van der Waals surface area contributed by atoms with Gasteiger partial charge in [-0.05, 0) is 32.0 Å². The van der Waals surface area contributed by atoms with Gasteiger partial charge in [-0.15, -0.1) is 0 Å². The standard InChI is InChI=1S/C19H26N6O/c1-24-6-8-25(9-7-24)19-3-2-15(12-21-19)17-13-20-14-18(23-17)22-16-4-10-26-11-5-16/h2-3,12-14,16H,4-11H2,1H3,(H,22,23). The van der Waals surface area contributed by atoms with E-state index in [1.54, 1.807) is 12.4 Å². The summed E-state index contributed by atoms with van der Waals surface area (Å²) in [6.07, 6.45) is 7.49. The summed E-state index contributed by atoms with van der Waals surface area (Å²) in [5, 5.41) is 3.47. The van der Waals surface area contributed by atoms with E-state index in [0.29, 0.717) is 6.04 Å². The number of hydrogen-bond donors (Lipinski definition) is 1. The first-order valence-corrected chi connectivity index (χ1v) is 9.34. The average molecular weight is 354 g/mol. The molecule has 138 valence electrons. The summed E-state index contributed by atoms with van der Waals surface area (Å²) in [7, 11) is 2.16. The van der Waals surface area contributed by atoms with Crippen molar-refractivity contribution in [1.82, 2.24) is 19.9 Å². The highest BCUT2D eigenvalue weighted by atomic mass is 16.5. The Balaban J connectivity index is 1.44. The lowest BCUT2D eigenvalue weighted by molar-refractivity contribution is 0.0904. The van der Waals surface area contributed by atoms with Gasteiger partial charge in [0.25, 0.3) is 0 Å². The van der Waals surface area contributed by atoms with Crippen molar-refractivity contribution in [2.75, 3.05) is 56.7 Å². The molecule has 2 aliphatic rings. The Morgan fingerprint density at radius 3 is 2.58 bits per heavy atom. The maximum atomic E-state index is 5.41. The van der Waals surface area contributed by atoms with Gasteiger partial charge in [-0.3, -0.25) is 4.98 Å². The first kappa shape index (κ1) is 17.2. The normalized spacial score (nSPS) is 19.5. The van der Waals surface area contributed by atoms with E-state index in [4.69, 9.17) is 9.72 Å². The third kappa shape index (κ3) is 4.11. The molecular formula is C19H26N6O. The van der Waals surface area contributed by atoms with Gasteiger partial charge in [-0.25, -0.2) is 9.97 Å². The lowest BCUT2D eigenvalue weighted by atomic mass is 10.1. The fourth-order valence-corrected chi connectivity index (χ4v) is 3.39. The maximum absolute atomic E-state index is 5.41. The second-order valence-electron chi connectivity index (χ2n) is 7.02. The molecule has 0 amide bonds. The third-order valence-electron chi connectivity index (χ3n) is 5.08. The summed E-state index contributed by atoms with van der Waals surface area (Å²) in [5.74, 6) is 1.85. The minimum absolute atomic E-state index is 0.408. The Bertz CT molecular complexity index is 708. The molecule has 0 radical (unpaired) electrons. The zero-order chi connectivity index (χ0) is 17.8. The number of hydrogen-bond acceptors (Lipinski definition) is 7. The maximum Gasteiger partial charge on any atom is 0.145 e. The summed E-state index contributed by atoms with van der Waals surface area (Å²) in [5.41, 5.74) is 1.84. The smallest absolute Gasteiger partial charge is 0.145 e. The molecule has 4 heterocycles. The monoisotopic (exact) mass is 354 g/mol. The minimum Gasteiger partial charge on any atom is -0.381 e. The van der Waals surface area contributed by atoms with E-state index in [0.717, 1.165) is 75.1 Å². The number of likely N-dealkylation sites (N-methyl/N-ethyl adjacent to an activating group) is 1. The molecular weight excluding hydrogens is 328 g/mol. The Hall–Kier alpha value is -2.25. The third-order valence-corrected chi connectivity index (χ3v) is 5.08. The topological polar surface area (TPSA) is 66.4 Å². The lowest BCUT2D eigenvalue weighted by Gasteiger charge is -2.33. The van der Waals surface area contributed by atoms with Crippen LogP contribution in [-0.4, -0.2) is 72.3 Å². The molecule has 2 saturated heterocycles. The first-order chi connectivity index (χ1) is 12.8. The molecule has 2 aromatic rings. The van der Waals surface area contributed by atoms with Crippen molar-refractivity contribution in [2.45, 2.75) is 18.9 Å². The van der Waals surface area contributed by atoms with Gasteiger partial charge >= 0.3 is 0 Å². The molecule has 0 spiro atoms. The molecule has 2 fully saturated rings. The average Bonchev–Trinajstić information content (AvgIpc) is 2.70. The van der Waals surface area contributed by atoms with Crippen molar-refractivity contribution in [2.24, 2.45) is 0 Å². The molecule has 1 N–H and O–H groups in total. The number of aromatic nitrogens is 3. The predicted molar refractivity (Wildman–Crippen MR) is 102 cm³/mol. The molecule has 0 aromatic carbocycles. The van der Waals surface area contributed by atoms with Gasteiger partial charge in [0.15, 0.2) is 0 Å². The van der Waals surface area contributed by atoms with Crippen molar-refractivity contribution in [3.05, 3.63) is 30.7 Å². The second kappa shape index (κ2) is 7.97. The van der Waals surface area contributed by atoms with Crippen LogP contribution in [0.15, 0.2) is 30.7 Å². The Morgan fingerprint density at radius 1 is 1.04 bits per heavy atom. The summed E-state index contributed by atoms with van der Waals surface area (Å²) < 4.78 is 5.41. The van der Waals surface area contributed by atoms with Gasteiger partial charge in [-0.2, -0.15) is 0 Å². The predicted octanol–water partition coefficient (Wildman–Crippen LogP) is 1.88. The van der Waals surface area contributed by atoms with Crippen LogP contribution in [0.5, 0.6) is 0 Å². The zero-order valence-corrected chi connectivity index (χ0v) is 15.3. The first-order valence-electron chi connectivity index (χ1n) is 9.34.